The molecule has 0 bridgehead atoms. The number of benzene rings is 2. The van der Waals surface area contributed by atoms with Crippen LogP contribution < -0.4 is 10.1 Å². The molecule has 1 aliphatic rings. The van der Waals surface area contributed by atoms with E-state index >= 15 is 0 Å². The quantitative estimate of drug-likeness (QED) is 0.299. The van der Waals surface area contributed by atoms with Crippen LogP contribution in [-0.4, -0.2) is 48.7 Å². The first-order valence-electron chi connectivity index (χ1n) is 13.1. The fraction of sp³-hybridized carbons (Fsp3) is 0.300. The van der Waals surface area contributed by atoms with Gasteiger partial charge in [-0.15, -0.1) is 0 Å². The van der Waals surface area contributed by atoms with Crippen molar-refractivity contribution in [3.63, 3.8) is 0 Å². The second kappa shape index (κ2) is 11.5. The van der Waals surface area contributed by atoms with Crippen molar-refractivity contribution in [2.24, 2.45) is 0 Å². The molecule has 0 saturated carbocycles. The molecule has 0 spiro atoms. The van der Waals surface area contributed by atoms with Gasteiger partial charge in [0.2, 0.25) is 11.8 Å². The molecule has 206 valence electrons. The van der Waals surface area contributed by atoms with E-state index in [2.05, 4.69) is 21.3 Å². The molecule has 5 rings (SSSR count). The van der Waals surface area contributed by atoms with Crippen LogP contribution in [-0.2, 0) is 16.4 Å². The lowest BCUT2D eigenvalue weighted by Crippen LogP contribution is -2.39. The summed E-state index contributed by atoms with van der Waals surface area (Å²) in [5.41, 5.74) is 3.98. The molecule has 10 heteroatoms. The summed E-state index contributed by atoms with van der Waals surface area (Å²) in [5.74, 6) is 2.12. The number of ether oxygens (including phenoxy) is 1. The molecule has 9 nitrogen and oxygen atoms in total. The molecule has 0 aliphatic carbocycles. The second-order valence-electron chi connectivity index (χ2n) is 10.2. The lowest BCUT2D eigenvalue weighted by molar-refractivity contribution is 0.211. The first kappa shape index (κ1) is 27.4. The van der Waals surface area contributed by atoms with Gasteiger partial charge in [-0.05, 0) is 79.8 Å². The molecule has 0 unspecified atom stereocenters. The molecule has 4 aromatic rings. The number of hydrogen-bond acceptors (Lipinski definition) is 9. The highest BCUT2D eigenvalue weighted by atomic mass is 32.2. The van der Waals surface area contributed by atoms with Gasteiger partial charge in [-0.25, -0.2) is 13.4 Å². The molecular weight excluding hydrogens is 526 g/mol. The largest absolute Gasteiger partial charge is 0.463 e. The van der Waals surface area contributed by atoms with Crippen LogP contribution in [0.3, 0.4) is 0 Å². The van der Waals surface area contributed by atoms with Gasteiger partial charge in [0.25, 0.3) is 0 Å². The molecule has 3 heterocycles. The fourth-order valence-electron chi connectivity index (χ4n) is 4.89. The number of hydrogen-bond donors (Lipinski definition) is 1. The summed E-state index contributed by atoms with van der Waals surface area (Å²) in [6.07, 6.45) is 4.63. The van der Waals surface area contributed by atoms with E-state index in [1.54, 1.807) is 36.6 Å². The Morgan fingerprint density at radius 2 is 1.77 bits per heavy atom. The maximum atomic E-state index is 11.7. The Balaban J connectivity index is 1.28. The molecule has 0 atom stereocenters. The van der Waals surface area contributed by atoms with E-state index in [4.69, 9.17) is 14.1 Å². The van der Waals surface area contributed by atoms with E-state index < -0.39 is 9.84 Å². The van der Waals surface area contributed by atoms with Crippen molar-refractivity contribution in [1.82, 2.24) is 14.9 Å². The minimum atomic E-state index is -3.20. The van der Waals surface area contributed by atoms with E-state index in [1.807, 2.05) is 38.1 Å². The fourth-order valence-corrected chi connectivity index (χ4v) is 5.52. The van der Waals surface area contributed by atoms with Crippen LogP contribution in [0.2, 0.25) is 0 Å². The summed E-state index contributed by atoms with van der Waals surface area (Å²) in [4.78, 5) is 12.1. The van der Waals surface area contributed by atoms with E-state index in [1.165, 1.54) is 6.26 Å². The third kappa shape index (κ3) is 6.50. The molecule has 1 fully saturated rings. The Bertz CT molecular complexity index is 1610. The van der Waals surface area contributed by atoms with Crippen LogP contribution in [0.15, 0.2) is 70.2 Å². The molecule has 1 aliphatic heterocycles. The number of aromatic nitrogens is 2. The van der Waals surface area contributed by atoms with Crippen molar-refractivity contribution in [1.29, 1.82) is 5.26 Å². The topological polar surface area (TPSA) is 121 Å². The zero-order valence-corrected chi connectivity index (χ0v) is 23.5. The van der Waals surface area contributed by atoms with Gasteiger partial charge >= 0.3 is 0 Å². The average Bonchev–Trinajstić information content (AvgIpc) is 3.47. The monoisotopic (exact) mass is 557 g/mol. The Hall–Kier alpha value is -4.20. The number of sulfone groups is 1. The lowest BCUT2D eigenvalue weighted by atomic mass is 10.0. The number of nitrogens with zero attached hydrogens (tertiary/aromatic N) is 4. The first-order chi connectivity index (χ1) is 19.2. The summed E-state index contributed by atoms with van der Waals surface area (Å²) in [6, 6.07) is 18.5. The predicted octanol–water partition coefficient (Wildman–Crippen LogP) is 5.50. The number of anilines is 1. The third-order valence-electron chi connectivity index (χ3n) is 6.95. The van der Waals surface area contributed by atoms with Crippen LogP contribution >= 0.6 is 0 Å². The standard InChI is InChI=1S/C30H31N5O4S/c1-20-15-23(18-31)16-21(2)29(20)39-28-17-26(27-5-4-14-38-27)33-30(34-28)32-24-10-12-35(13-11-24)19-22-6-8-25(9-7-22)40(3,36)37/h4-9,14-17,24H,10-13,19H2,1-3H3,(H,32,33,34). The Labute approximate surface area is 234 Å². The molecule has 2 aromatic carbocycles. The SMILES string of the molecule is Cc1cc(C#N)cc(C)c1Oc1cc(-c2ccco2)nc(NC2CCN(Cc3ccc(S(C)(=O)=O)cc3)CC2)n1. The summed E-state index contributed by atoms with van der Waals surface area (Å²) in [5, 5.41) is 12.8. The van der Waals surface area contributed by atoms with Crippen LogP contribution in [0.1, 0.15) is 35.1 Å². The van der Waals surface area contributed by atoms with Crippen molar-refractivity contribution < 1.29 is 17.6 Å². The van der Waals surface area contributed by atoms with E-state index in [9.17, 15) is 13.7 Å². The minimum Gasteiger partial charge on any atom is -0.463 e. The minimum absolute atomic E-state index is 0.182. The molecule has 0 amide bonds. The normalized spacial score (nSPS) is 14.6. The number of rotatable bonds is 8. The van der Waals surface area contributed by atoms with Gasteiger partial charge in [-0.3, -0.25) is 4.90 Å². The van der Waals surface area contributed by atoms with Gasteiger partial charge in [0.05, 0.1) is 22.8 Å². The number of nitriles is 1. The Kier molecular flexibility index (Phi) is 7.87. The molecule has 1 saturated heterocycles. The smallest absolute Gasteiger partial charge is 0.226 e. The molecule has 0 radical (unpaired) electrons. The average molecular weight is 558 g/mol. The van der Waals surface area contributed by atoms with Gasteiger partial charge in [0, 0.05) is 38.0 Å². The van der Waals surface area contributed by atoms with Gasteiger partial charge in [-0.2, -0.15) is 10.2 Å². The van der Waals surface area contributed by atoms with Crippen molar-refractivity contribution in [2.45, 2.75) is 44.2 Å². The van der Waals surface area contributed by atoms with Gasteiger partial charge in [0.15, 0.2) is 15.6 Å². The lowest BCUT2D eigenvalue weighted by Gasteiger charge is -2.32. The number of nitrogens with one attached hydrogen (secondary N) is 1. The van der Waals surface area contributed by atoms with Crippen molar-refractivity contribution >= 4 is 15.8 Å². The van der Waals surface area contributed by atoms with Crippen LogP contribution in [0.25, 0.3) is 11.5 Å². The molecular formula is C30H31N5O4S. The van der Waals surface area contributed by atoms with E-state index in [0.29, 0.717) is 39.5 Å². The van der Waals surface area contributed by atoms with E-state index in [-0.39, 0.29) is 6.04 Å². The van der Waals surface area contributed by atoms with Gasteiger partial charge in [-0.1, -0.05) is 12.1 Å². The molecule has 1 N–H and O–H groups in total. The van der Waals surface area contributed by atoms with E-state index in [0.717, 1.165) is 49.2 Å². The van der Waals surface area contributed by atoms with Crippen LogP contribution in [0.4, 0.5) is 5.95 Å². The van der Waals surface area contributed by atoms with Crippen molar-refractivity contribution in [3.05, 3.63) is 83.1 Å². The van der Waals surface area contributed by atoms with Crippen molar-refractivity contribution in [3.8, 4) is 29.2 Å². The zero-order valence-electron chi connectivity index (χ0n) is 22.7. The predicted molar refractivity (Wildman–Crippen MR) is 152 cm³/mol. The molecule has 40 heavy (non-hydrogen) atoms. The Morgan fingerprint density at radius 3 is 2.38 bits per heavy atom. The second-order valence-corrected chi connectivity index (χ2v) is 12.2. The maximum absolute atomic E-state index is 11.7. The summed E-state index contributed by atoms with van der Waals surface area (Å²) in [6.45, 7) is 6.35. The third-order valence-corrected chi connectivity index (χ3v) is 8.08. The highest BCUT2D eigenvalue weighted by Gasteiger charge is 2.21. The molecule has 2 aromatic heterocycles. The van der Waals surface area contributed by atoms with Crippen molar-refractivity contribution in [2.75, 3.05) is 24.7 Å². The number of aryl methyl sites for hydroxylation is 2. The van der Waals surface area contributed by atoms with Crippen LogP contribution in [0, 0.1) is 25.2 Å². The maximum Gasteiger partial charge on any atom is 0.226 e. The first-order valence-corrected chi connectivity index (χ1v) is 15.0. The Morgan fingerprint density at radius 1 is 1.07 bits per heavy atom. The number of likely N-dealkylation sites (tertiary alicyclic amines) is 1. The van der Waals surface area contributed by atoms with Gasteiger partial charge < -0.3 is 14.5 Å². The summed E-state index contributed by atoms with van der Waals surface area (Å²) in [7, 11) is -3.20. The number of piperidine rings is 1. The zero-order chi connectivity index (χ0) is 28.3. The van der Waals surface area contributed by atoms with Crippen LogP contribution in [0.5, 0.6) is 11.6 Å². The highest BCUT2D eigenvalue weighted by Crippen LogP contribution is 2.32. The summed E-state index contributed by atoms with van der Waals surface area (Å²) < 4.78 is 35.3. The van der Waals surface area contributed by atoms with Gasteiger partial charge in [0.1, 0.15) is 11.4 Å². The highest BCUT2D eigenvalue weighted by molar-refractivity contribution is 7.90. The number of furan rings is 1. The summed E-state index contributed by atoms with van der Waals surface area (Å²) >= 11 is 0.